The van der Waals surface area contributed by atoms with E-state index in [1.54, 1.807) is 13.8 Å². The number of ether oxygens (including phenoxy) is 1. The van der Waals surface area contributed by atoms with Crippen LogP contribution in [0.3, 0.4) is 0 Å². The van der Waals surface area contributed by atoms with E-state index in [1.165, 1.54) is 0 Å². The second-order valence-electron chi connectivity index (χ2n) is 5.99. The molecule has 0 fully saturated rings. The lowest BCUT2D eigenvalue weighted by atomic mass is 10.0. The first-order valence-corrected chi connectivity index (χ1v) is 8.01. The third-order valence-electron chi connectivity index (χ3n) is 3.41. The van der Waals surface area contributed by atoms with Gasteiger partial charge in [-0.2, -0.15) is 0 Å². The van der Waals surface area contributed by atoms with Crippen LogP contribution in [-0.2, 0) is 20.9 Å². The molecule has 0 aromatic heterocycles. The van der Waals surface area contributed by atoms with Crippen molar-refractivity contribution in [2.24, 2.45) is 11.7 Å². The normalized spacial score (nSPS) is 13.0. The Labute approximate surface area is 146 Å². The number of carbonyl (C=O) groups excluding carboxylic acids is 3. The number of hydrogen-bond acceptors (Lipinski definition) is 5. The summed E-state index contributed by atoms with van der Waals surface area (Å²) in [7, 11) is 0. The molecule has 0 aliphatic carbocycles. The lowest BCUT2D eigenvalue weighted by molar-refractivity contribution is -0.129. The van der Waals surface area contributed by atoms with Gasteiger partial charge >= 0.3 is 6.09 Å². The van der Waals surface area contributed by atoms with Crippen molar-refractivity contribution in [1.29, 1.82) is 0 Å². The molecule has 5 N–H and O–H groups in total. The zero-order valence-corrected chi connectivity index (χ0v) is 14.4. The Balaban J connectivity index is 2.29. The quantitative estimate of drug-likeness (QED) is 0.508. The predicted molar refractivity (Wildman–Crippen MR) is 91.2 cm³/mol. The third kappa shape index (κ3) is 8.16. The maximum atomic E-state index is 11.8. The zero-order chi connectivity index (χ0) is 18.8. The second kappa shape index (κ2) is 10.3. The van der Waals surface area contributed by atoms with Crippen molar-refractivity contribution in [2.75, 3.05) is 6.54 Å². The number of aliphatic hydroxyl groups excluding tert-OH is 1. The average molecular weight is 351 g/mol. The summed E-state index contributed by atoms with van der Waals surface area (Å²) in [5, 5.41) is 14.6. The Morgan fingerprint density at radius 2 is 1.84 bits per heavy atom. The maximum absolute atomic E-state index is 11.8. The van der Waals surface area contributed by atoms with Gasteiger partial charge in [-0.15, -0.1) is 0 Å². The highest BCUT2D eigenvalue weighted by molar-refractivity contribution is 5.86. The molecule has 0 saturated heterocycles. The van der Waals surface area contributed by atoms with Gasteiger partial charge in [0, 0.05) is 6.54 Å². The van der Waals surface area contributed by atoms with Gasteiger partial charge in [-0.25, -0.2) is 4.79 Å². The lowest BCUT2D eigenvalue weighted by Crippen LogP contribution is -2.48. The number of alkyl carbamates (subject to hydrolysis) is 1. The Morgan fingerprint density at radius 3 is 2.40 bits per heavy atom. The van der Waals surface area contributed by atoms with Crippen LogP contribution in [0.4, 0.5) is 4.79 Å². The second-order valence-corrected chi connectivity index (χ2v) is 5.99. The molecule has 1 rings (SSSR count). The number of aliphatic hydroxyl groups is 1. The minimum absolute atomic E-state index is 0.109. The highest BCUT2D eigenvalue weighted by atomic mass is 16.5. The van der Waals surface area contributed by atoms with Crippen molar-refractivity contribution in [3.63, 3.8) is 0 Å². The molecule has 0 aliphatic rings. The third-order valence-corrected chi connectivity index (χ3v) is 3.41. The maximum Gasteiger partial charge on any atom is 0.407 e. The van der Waals surface area contributed by atoms with E-state index in [4.69, 9.17) is 10.5 Å². The van der Waals surface area contributed by atoms with Crippen molar-refractivity contribution < 1.29 is 24.2 Å². The minimum atomic E-state index is -1.11. The topological polar surface area (TPSA) is 131 Å². The molecular weight excluding hydrogens is 326 g/mol. The van der Waals surface area contributed by atoms with Crippen LogP contribution in [0.15, 0.2) is 30.3 Å². The summed E-state index contributed by atoms with van der Waals surface area (Å²) in [6.45, 7) is 3.45. The standard InChI is InChI=1S/C17H25N3O5/c1-11(2)15(16(18)23)20-14(22)8-13(21)9-19-17(24)25-10-12-6-4-3-5-7-12/h3-7,11,13,15,21H,8-10H2,1-2H3,(H2,18,23)(H,19,24)(H,20,22)/t13-,15+/m1/s1. The van der Waals surface area contributed by atoms with Gasteiger partial charge in [0.05, 0.1) is 12.5 Å². The Morgan fingerprint density at radius 1 is 1.20 bits per heavy atom. The smallest absolute Gasteiger partial charge is 0.407 e. The van der Waals surface area contributed by atoms with E-state index in [0.717, 1.165) is 5.56 Å². The van der Waals surface area contributed by atoms with Crippen LogP contribution in [0.2, 0.25) is 0 Å². The number of nitrogens with two attached hydrogens (primary N) is 1. The summed E-state index contributed by atoms with van der Waals surface area (Å²) in [6.07, 6.45) is -2.07. The Bertz CT molecular complexity index is 577. The number of primary amides is 1. The molecule has 0 saturated carbocycles. The summed E-state index contributed by atoms with van der Waals surface area (Å²) in [5.74, 6) is -1.32. The summed E-state index contributed by atoms with van der Waals surface area (Å²) in [6, 6.07) is 8.34. The number of hydrogen-bond donors (Lipinski definition) is 4. The molecule has 1 aromatic carbocycles. The summed E-state index contributed by atoms with van der Waals surface area (Å²) in [5.41, 5.74) is 6.04. The number of nitrogens with one attached hydrogen (secondary N) is 2. The van der Waals surface area contributed by atoms with E-state index in [1.807, 2.05) is 30.3 Å². The van der Waals surface area contributed by atoms with E-state index >= 15 is 0 Å². The van der Waals surface area contributed by atoms with Gasteiger partial charge in [0.1, 0.15) is 12.6 Å². The minimum Gasteiger partial charge on any atom is -0.445 e. The number of carbonyl (C=O) groups is 3. The molecule has 8 nitrogen and oxygen atoms in total. The zero-order valence-electron chi connectivity index (χ0n) is 14.4. The fourth-order valence-corrected chi connectivity index (χ4v) is 2.06. The Hall–Kier alpha value is -2.61. The largest absolute Gasteiger partial charge is 0.445 e. The van der Waals surface area contributed by atoms with Crippen LogP contribution in [0.1, 0.15) is 25.8 Å². The highest BCUT2D eigenvalue weighted by Gasteiger charge is 2.22. The van der Waals surface area contributed by atoms with Crippen LogP contribution >= 0.6 is 0 Å². The van der Waals surface area contributed by atoms with Gasteiger partial charge < -0.3 is 26.2 Å². The van der Waals surface area contributed by atoms with Crippen molar-refractivity contribution in [3.05, 3.63) is 35.9 Å². The summed E-state index contributed by atoms with van der Waals surface area (Å²) < 4.78 is 4.99. The Kier molecular flexibility index (Phi) is 8.42. The van der Waals surface area contributed by atoms with Crippen LogP contribution in [-0.4, -0.2) is 41.7 Å². The monoisotopic (exact) mass is 351 g/mol. The van der Waals surface area contributed by atoms with Gasteiger partial charge in [0.2, 0.25) is 11.8 Å². The molecular formula is C17H25N3O5. The molecule has 0 bridgehead atoms. The molecule has 0 unspecified atom stereocenters. The van der Waals surface area contributed by atoms with Crippen molar-refractivity contribution in [1.82, 2.24) is 10.6 Å². The van der Waals surface area contributed by atoms with Crippen LogP contribution in [0.5, 0.6) is 0 Å². The molecule has 2 atom stereocenters. The summed E-state index contributed by atoms with van der Waals surface area (Å²) >= 11 is 0. The van der Waals surface area contributed by atoms with Crippen molar-refractivity contribution in [2.45, 2.75) is 39.0 Å². The van der Waals surface area contributed by atoms with Crippen molar-refractivity contribution in [3.8, 4) is 0 Å². The van der Waals surface area contributed by atoms with Gasteiger partial charge in [-0.3, -0.25) is 9.59 Å². The fourth-order valence-electron chi connectivity index (χ4n) is 2.06. The molecule has 0 spiro atoms. The van der Waals surface area contributed by atoms with Crippen LogP contribution < -0.4 is 16.4 Å². The molecule has 138 valence electrons. The van der Waals surface area contributed by atoms with Crippen LogP contribution in [0, 0.1) is 5.92 Å². The van der Waals surface area contributed by atoms with E-state index in [0.29, 0.717) is 0 Å². The predicted octanol–water partition coefficient (Wildman–Crippen LogP) is 0.290. The fraction of sp³-hybridized carbons (Fsp3) is 0.471. The van der Waals surface area contributed by atoms with Crippen molar-refractivity contribution >= 4 is 17.9 Å². The highest BCUT2D eigenvalue weighted by Crippen LogP contribution is 2.03. The van der Waals surface area contributed by atoms with Crippen LogP contribution in [0.25, 0.3) is 0 Å². The van der Waals surface area contributed by atoms with E-state index < -0.39 is 30.1 Å². The van der Waals surface area contributed by atoms with E-state index in [2.05, 4.69) is 10.6 Å². The average Bonchev–Trinajstić information content (AvgIpc) is 2.56. The number of benzene rings is 1. The molecule has 0 aliphatic heterocycles. The van der Waals surface area contributed by atoms with Gasteiger partial charge in [-0.1, -0.05) is 44.2 Å². The molecule has 1 aromatic rings. The van der Waals surface area contributed by atoms with Gasteiger partial charge in [0.25, 0.3) is 0 Å². The molecule has 8 heteroatoms. The van der Waals surface area contributed by atoms with E-state index in [9.17, 15) is 19.5 Å². The molecule has 0 radical (unpaired) electrons. The first-order chi connectivity index (χ1) is 11.8. The number of amides is 3. The summed E-state index contributed by atoms with van der Waals surface area (Å²) in [4.78, 5) is 34.6. The van der Waals surface area contributed by atoms with Gasteiger partial charge in [-0.05, 0) is 11.5 Å². The SMILES string of the molecule is CC(C)[C@H](NC(=O)C[C@@H](O)CNC(=O)OCc1ccccc1)C(N)=O. The van der Waals surface area contributed by atoms with E-state index in [-0.39, 0.29) is 25.5 Å². The first-order valence-electron chi connectivity index (χ1n) is 8.01. The first kappa shape index (κ1) is 20.4. The number of rotatable bonds is 9. The molecule has 0 heterocycles. The molecule has 25 heavy (non-hydrogen) atoms. The van der Waals surface area contributed by atoms with Gasteiger partial charge in [0.15, 0.2) is 0 Å². The molecule has 3 amide bonds. The lowest BCUT2D eigenvalue weighted by Gasteiger charge is -2.20.